The molecule has 3 heteroatoms. The van der Waals surface area contributed by atoms with Crippen LogP contribution in [0.15, 0.2) is 0 Å². The van der Waals surface area contributed by atoms with Crippen LogP contribution >= 0.6 is 0 Å². The number of carbonyl (C=O) groups excluding carboxylic acids is 1. The van der Waals surface area contributed by atoms with Gasteiger partial charge in [0.2, 0.25) is 0 Å². The molecule has 0 spiro atoms. The summed E-state index contributed by atoms with van der Waals surface area (Å²) in [6.45, 7) is 5.02. The number of rotatable bonds is 11. The highest BCUT2D eigenvalue weighted by Gasteiger charge is 2.14. The molecule has 1 N–H and O–H groups in total. The first-order valence-corrected chi connectivity index (χ1v) is 9.87. The molecule has 130 valence electrons. The van der Waals surface area contributed by atoms with E-state index in [9.17, 15) is 4.79 Å². The highest BCUT2D eigenvalue weighted by molar-refractivity contribution is 5.74. The maximum atomic E-state index is 12.0. The van der Waals surface area contributed by atoms with E-state index in [-0.39, 0.29) is 6.03 Å². The standard InChI is InChI=1S/C19H38N2O/c1-2-3-4-5-6-7-8-9-10-13-16-20-19(22)21-17-14-11-12-15-18-21/h2-18H2,1H3,(H,20,22). The molecule has 2 amide bonds. The Morgan fingerprint density at radius 1 is 0.773 bits per heavy atom. The Morgan fingerprint density at radius 2 is 1.27 bits per heavy atom. The fraction of sp³-hybridized carbons (Fsp3) is 0.947. The summed E-state index contributed by atoms with van der Waals surface area (Å²) in [7, 11) is 0. The van der Waals surface area contributed by atoms with Crippen molar-refractivity contribution in [1.82, 2.24) is 10.2 Å². The number of nitrogens with zero attached hydrogens (tertiary/aromatic N) is 1. The number of likely N-dealkylation sites (tertiary alicyclic amines) is 1. The van der Waals surface area contributed by atoms with Crippen LogP contribution in [0.5, 0.6) is 0 Å². The summed E-state index contributed by atoms with van der Waals surface area (Å²) < 4.78 is 0. The molecule has 1 aliphatic heterocycles. The molecule has 0 bridgehead atoms. The summed E-state index contributed by atoms with van der Waals surface area (Å²) in [6, 6.07) is 0.165. The van der Waals surface area contributed by atoms with Crippen LogP contribution in [0.25, 0.3) is 0 Å². The van der Waals surface area contributed by atoms with Gasteiger partial charge in [-0.3, -0.25) is 0 Å². The molecule has 1 aliphatic rings. The van der Waals surface area contributed by atoms with Gasteiger partial charge in [-0.25, -0.2) is 4.79 Å². The van der Waals surface area contributed by atoms with E-state index >= 15 is 0 Å². The average molecular weight is 311 g/mol. The van der Waals surface area contributed by atoms with Gasteiger partial charge >= 0.3 is 6.03 Å². The summed E-state index contributed by atoms with van der Waals surface area (Å²) in [5, 5.41) is 3.09. The van der Waals surface area contributed by atoms with Gasteiger partial charge in [-0.05, 0) is 19.3 Å². The van der Waals surface area contributed by atoms with Crippen LogP contribution in [0.2, 0.25) is 0 Å². The van der Waals surface area contributed by atoms with Crippen molar-refractivity contribution in [2.45, 2.75) is 96.8 Å². The van der Waals surface area contributed by atoms with Crippen molar-refractivity contribution in [2.24, 2.45) is 0 Å². The fourth-order valence-corrected chi connectivity index (χ4v) is 3.19. The second-order valence-electron chi connectivity index (χ2n) is 6.82. The second kappa shape index (κ2) is 13.9. The third-order valence-corrected chi connectivity index (χ3v) is 4.70. The second-order valence-corrected chi connectivity index (χ2v) is 6.82. The summed E-state index contributed by atoms with van der Waals surface area (Å²) in [4.78, 5) is 14.0. The average Bonchev–Trinajstić information content (AvgIpc) is 2.81. The third-order valence-electron chi connectivity index (χ3n) is 4.70. The molecule has 0 unspecified atom stereocenters. The summed E-state index contributed by atoms with van der Waals surface area (Å²) in [5.41, 5.74) is 0. The molecule has 1 rings (SSSR count). The lowest BCUT2D eigenvalue weighted by Gasteiger charge is -2.20. The Labute approximate surface area is 138 Å². The number of amides is 2. The lowest BCUT2D eigenvalue weighted by Crippen LogP contribution is -2.40. The molecule has 3 nitrogen and oxygen atoms in total. The van der Waals surface area contributed by atoms with Gasteiger partial charge in [-0.2, -0.15) is 0 Å². The number of urea groups is 1. The van der Waals surface area contributed by atoms with Gasteiger partial charge in [0.1, 0.15) is 0 Å². The zero-order valence-electron chi connectivity index (χ0n) is 14.9. The first-order chi connectivity index (χ1) is 10.8. The Balaban J connectivity index is 1.85. The summed E-state index contributed by atoms with van der Waals surface area (Å²) in [6.07, 6.45) is 18.4. The highest BCUT2D eigenvalue weighted by atomic mass is 16.2. The van der Waals surface area contributed by atoms with Gasteiger partial charge in [-0.15, -0.1) is 0 Å². The Bertz CT molecular complexity index is 260. The summed E-state index contributed by atoms with van der Waals surface area (Å²) in [5.74, 6) is 0. The van der Waals surface area contributed by atoms with Crippen molar-refractivity contribution in [3.05, 3.63) is 0 Å². The number of unbranched alkanes of at least 4 members (excludes halogenated alkanes) is 9. The van der Waals surface area contributed by atoms with Crippen LogP contribution in [-0.4, -0.2) is 30.6 Å². The Hall–Kier alpha value is -0.730. The zero-order valence-corrected chi connectivity index (χ0v) is 14.9. The predicted octanol–water partition coefficient (Wildman–Crippen LogP) is 5.49. The summed E-state index contributed by atoms with van der Waals surface area (Å²) >= 11 is 0. The largest absolute Gasteiger partial charge is 0.338 e. The Kier molecular flexibility index (Phi) is 12.2. The molecular weight excluding hydrogens is 272 g/mol. The number of carbonyl (C=O) groups is 1. The van der Waals surface area contributed by atoms with Gasteiger partial charge < -0.3 is 10.2 Å². The lowest BCUT2D eigenvalue weighted by molar-refractivity contribution is 0.199. The number of hydrogen-bond donors (Lipinski definition) is 1. The molecule has 0 atom stereocenters. The van der Waals surface area contributed by atoms with Crippen molar-refractivity contribution in [3.63, 3.8) is 0 Å². The predicted molar refractivity (Wildman–Crippen MR) is 95.3 cm³/mol. The van der Waals surface area contributed by atoms with Gasteiger partial charge in [0.15, 0.2) is 0 Å². The molecule has 0 aliphatic carbocycles. The molecule has 1 fully saturated rings. The molecular formula is C19H38N2O. The molecule has 1 heterocycles. The maximum absolute atomic E-state index is 12.0. The molecule has 0 aromatic rings. The monoisotopic (exact) mass is 310 g/mol. The van der Waals surface area contributed by atoms with Crippen LogP contribution < -0.4 is 5.32 Å². The van der Waals surface area contributed by atoms with E-state index in [0.717, 1.165) is 26.1 Å². The minimum absolute atomic E-state index is 0.165. The van der Waals surface area contributed by atoms with Gasteiger partial charge in [0, 0.05) is 19.6 Å². The molecule has 0 aromatic carbocycles. The smallest absolute Gasteiger partial charge is 0.317 e. The quantitative estimate of drug-likeness (QED) is 0.503. The topological polar surface area (TPSA) is 32.3 Å². The van der Waals surface area contributed by atoms with Crippen LogP contribution in [0.3, 0.4) is 0 Å². The normalized spacial score (nSPS) is 15.6. The molecule has 22 heavy (non-hydrogen) atoms. The first-order valence-electron chi connectivity index (χ1n) is 9.87. The van der Waals surface area contributed by atoms with Gasteiger partial charge in [0.25, 0.3) is 0 Å². The van der Waals surface area contributed by atoms with E-state index in [2.05, 4.69) is 12.2 Å². The van der Waals surface area contributed by atoms with Gasteiger partial charge in [0.05, 0.1) is 0 Å². The molecule has 0 saturated carbocycles. The lowest BCUT2D eigenvalue weighted by atomic mass is 10.1. The van der Waals surface area contributed by atoms with Crippen LogP contribution in [0.4, 0.5) is 4.79 Å². The SMILES string of the molecule is CCCCCCCCCCCCNC(=O)N1CCCCCC1. The van der Waals surface area contributed by atoms with E-state index in [4.69, 9.17) is 0 Å². The third kappa shape index (κ3) is 10.1. The fourth-order valence-electron chi connectivity index (χ4n) is 3.19. The van der Waals surface area contributed by atoms with Crippen molar-refractivity contribution < 1.29 is 4.79 Å². The van der Waals surface area contributed by atoms with Crippen LogP contribution in [0, 0.1) is 0 Å². The van der Waals surface area contributed by atoms with E-state index in [1.165, 1.54) is 83.5 Å². The van der Waals surface area contributed by atoms with Crippen LogP contribution in [-0.2, 0) is 0 Å². The minimum Gasteiger partial charge on any atom is -0.338 e. The van der Waals surface area contributed by atoms with Crippen LogP contribution in [0.1, 0.15) is 96.8 Å². The minimum atomic E-state index is 0.165. The highest BCUT2D eigenvalue weighted by Crippen LogP contribution is 2.11. The van der Waals surface area contributed by atoms with E-state index < -0.39 is 0 Å². The number of nitrogens with one attached hydrogen (secondary N) is 1. The zero-order chi connectivity index (χ0) is 15.9. The number of hydrogen-bond acceptors (Lipinski definition) is 1. The van der Waals surface area contributed by atoms with Crippen molar-refractivity contribution in [2.75, 3.05) is 19.6 Å². The van der Waals surface area contributed by atoms with Crippen molar-refractivity contribution in [1.29, 1.82) is 0 Å². The molecule has 0 aromatic heterocycles. The first kappa shape index (κ1) is 19.3. The maximum Gasteiger partial charge on any atom is 0.317 e. The van der Waals surface area contributed by atoms with Crippen molar-refractivity contribution >= 4 is 6.03 Å². The van der Waals surface area contributed by atoms with E-state index in [0.29, 0.717) is 0 Å². The van der Waals surface area contributed by atoms with Gasteiger partial charge in [-0.1, -0.05) is 77.6 Å². The Morgan fingerprint density at radius 3 is 1.82 bits per heavy atom. The molecule has 1 saturated heterocycles. The van der Waals surface area contributed by atoms with Crippen molar-refractivity contribution in [3.8, 4) is 0 Å². The molecule has 0 radical (unpaired) electrons. The van der Waals surface area contributed by atoms with E-state index in [1.54, 1.807) is 0 Å². The van der Waals surface area contributed by atoms with E-state index in [1.807, 2.05) is 4.90 Å².